The van der Waals surface area contributed by atoms with Gasteiger partial charge in [0.25, 0.3) is 0 Å². The van der Waals surface area contributed by atoms with E-state index in [1.54, 1.807) is 26.2 Å². The Morgan fingerprint density at radius 3 is 2.23 bits per heavy atom. The van der Waals surface area contributed by atoms with Crippen molar-refractivity contribution in [1.29, 1.82) is 0 Å². The molecule has 0 heterocycles. The van der Waals surface area contributed by atoms with E-state index in [9.17, 15) is 0 Å². The lowest BCUT2D eigenvalue weighted by atomic mass is 10.1. The highest BCUT2D eigenvalue weighted by atomic mass is 16.6. The minimum absolute atomic E-state index is 0.692. The van der Waals surface area contributed by atoms with Crippen LogP contribution in [0.5, 0.6) is 11.5 Å². The monoisotopic (exact) mass is 302 g/mol. The molecule has 0 aliphatic heterocycles. The summed E-state index contributed by atoms with van der Waals surface area (Å²) < 4.78 is 10.2. The summed E-state index contributed by atoms with van der Waals surface area (Å²) in [5, 5.41) is 8.78. The highest BCUT2D eigenvalue weighted by Gasteiger charge is 1.99. The first kappa shape index (κ1) is 18.1. The van der Waals surface area contributed by atoms with Crippen molar-refractivity contribution < 1.29 is 14.6 Å². The van der Waals surface area contributed by atoms with Crippen LogP contribution >= 0.6 is 0 Å². The Labute approximate surface area is 133 Å². The molecule has 0 aliphatic rings. The van der Waals surface area contributed by atoms with Gasteiger partial charge in [-0.25, -0.2) is 0 Å². The van der Waals surface area contributed by atoms with Gasteiger partial charge in [0.15, 0.2) is 6.29 Å². The third-order valence-corrected chi connectivity index (χ3v) is 3.04. The fraction of sp³-hybridized carbons (Fsp3) is 0.368. The van der Waals surface area contributed by atoms with Gasteiger partial charge in [0.05, 0.1) is 7.11 Å². The lowest BCUT2D eigenvalue weighted by Gasteiger charge is -2.06. The van der Waals surface area contributed by atoms with Gasteiger partial charge in [0.1, 0.15) is 11.5 Å². The fourth-order valence-corrected chi connectivity index (χ4v) is 1.97. The number of methoxy groups -OCH3 is 1. The number of para-hydroxylation sites is 2. The molecule has 0 radical (unpaired) electrons. The Morgan fingerprint density at radius 2 is 1.64 bits per heavy atom. The number of hydrogen-bond acceptors (Lipinski definition) is 3. The molecule has 0 aromatic heterocycles. The van der Waals surface area contributed by atoms with E-state index >= 15 is 0 Å². The molecule has 1 unspecified atom stereocenters. The van der Waals surface area contributed by atoms with Crippen molar-refractivity contribution in [3.05, 3.63) is 60.2 Å². The van der Waals surface area contributed by atoms with Crippen LogP contribution < -0.4 is 9.47 Å². The van der Waals surface area contributed by atoms with Crippen LogP contribution in [0.2, 0.25) is 0 Å². The molecule has 0 spiro atoms. The number of aliphatic hydroxyl groups excluding tert-OH is 1. The lowest BCUT2D eigenvalue weighted by molar-refractivity contribution is -0.000288. The van der Waals surface area contributed by atoms with Crippen LogP contribution in [-0.2, 0) is 6.42 Å². The molecule has 0 saturated carbocycles. The van der Waals surface area contributed by atoms with Gasteiger partial charge in [-0.15, -0.1) is 0 Å². The molecule has 3 heteroatoms. The standard InChI is InChI=1S/C11H16O.C8H10O2/c1-3-4-7-10-8-5-6-9-11(10)12-2;1-7(9)10-8-5-3-2-4-6-8/h5-6,8-9H,3-4,7H2,1-2H3;2-7,9H,1H3. The molecule has 0 aliphatic carbocycles. The predicted octanol–water partition coefficient (Wildman–Crippen LogP) is 4.44. The molecule has 1 atom stereocenters. The van der Waals surface area contributed by atoms with E-state index in [4.69, 9.17) is 14.6 Å². The summed E-state index contributed by atoms with van der Waals surface area (Å²) in [6.07, 6.45) is 2.86. The smallest absolute Gasteiger partial charge is 0.194 e. The number of aryl methyl sites for hydroxylation is 1. The molecule has 0 saturated heterocycles. The molecule has 2 rings (SSSR count). The zero-order chi connectivity index (χ0) is 16.2. The second-order valence-electron chi connectivity index (χ2n) is 4.95. The summed E-state index contributed by atoms with van der Waals surface area (Å²) in [5.74, 6) is 1.71. The first-order chi connectivity index (χ1) is 10.7. The third kappa shape index (κ3) is 7.14. The minimum atomic E-state index is -0.734. The van der Waals surface area contributed by atoms with Gasteiger partial charge in [-0.05, 0) is 43.5 Å². The average Bonchev–Trinajstić information content (AvgIpc) is 2.54. The van der Waals surface area contributed by atoms with Crippen LogP contribution in [0.1, 0.15) is 32.3 Å². The quantitative estimate of drug-likeness (QED) is 0.802. The number of rotatable bonds is 6. The largest absolute Gasteiger partial charge is 0.496 e. The van der Waals surface area contributed by atoms with E-state index in [0.29, 0.717) is 5.75 Å². The summed E-state index contributed by atoms with van der Waals surface area (Å²) >= 11 is 0. The van der Waals surface area contributed by atoms with Crippen molar-refractivity contribution in [2.24, 2.45) is 0 Å². The molecule has 0 amide bonds. The van der Waals surface area contributed by atoms with Crippen molar-refractivity contribution in [2.75, 3.05) is 7.11 Å². The van der Waals surface area contributed by atoms with Crippen LogP contribution in [0.25, 0.3) is 0 Å². The molecule has 2 aromatic rings. The minimum Gasteiger partial charge on any atom is -0.496 e. The molecular weight excluding hydrogens is 276 g/mol. The van der Waals surface area contributed by atoms with Crippen LogP contribution in [-0.4, -0.2) is 18.5 Å². The topological polar surface area (TPSA) is 38.7 Å². The maximum absolute atomic E-state index is 8.78. The van der Waals surface area contributed by atoms with Crippen LogP contribution in [0.3, 0.4) is 0 Å². The lowest BCUT2D eigenvalue weighted by Crippen LogP contribution is -2.08. The summed E-state index contributed by atoms with van der Waals surface area (Å²) in [6, 6.07) is 17.4. The highest BCUT2D eigenvalue weighted by molar-refractivity contribution is 5.33. The molecule has 0 fully saturated rings. The van der Waals surface area contributed by atoms with E-state index in [0.717, 1.165) is 12.2 Å². The van der Waals surface area contributed by atoms with Crippen molar-refractivity contribution in [2.45, 2.75) is 39.4 Å². The van der Waals surface area contributed by atoms with Gasteiger partial charge in [-0.1, -0.05) is 49.7 Å². The van der Waals surface area contributed by atoms with Gasteiger partial charge < -0.3 is 14.6 Å². The van der Waals surface area contributed by atoms with Crippen LogP contribution in [0.15, 0.2) is 54.6 Å². The Bertz CT molecular complexity index is 509. The number of ether oxygens (including phenoxy) is 2. The van der Waals surface area contributed by atoms with Gasteiger partial charge in [0, 0.05) is 0 Å². The van der Waals surface area contributed by atoms with Crippen molar-refractivity contribution in [3.63, 3.8) is 0 Å². The Kier molecular flexibility index (Phi) is 8.77. The SMILES string of the molecule is CC(O)Oc1ccccc1.CCCCc1ccccc1OC. The first-order valence-electron chi connectivity index (χ1n) is 7.69. The summed E-state index contributed by atoms with van der Waals surface area (Å²) in [6.45, 7) is 3.78. The summed E-state index contributed by atoms with van der Waals surface area (Å²) in [5.41, 5.74) is 1.32. The zero-order valence-corrected chi connectivity index (χ0v) is 13.7. The summed E-state index contributed by atoms with van der Waals surface area (Å²) in [7, 11) is 1.73. The van der Waals surface area contributed by atoms with Gasteiger partial charge in [-0.3, -0.25) is 0 Å². The first-order valence-corrected chi connectivity index (χ1v) is 7.69. The van der Waals surface area contributed by atoms with Gasteiger partial charge >= 0.3 is 0 Å². The van der Waals surface area contributed by atoms with Crippen LogP contribution in [0.4, 0.5) is 0 Å². The molecule has 120 valence electrons. The summed E-state index contributed by atoms with van der Waals surface area (Å²) in [4.78, 5) is 0. The highest BCUT2D eigenvalue weighted by Crippen LogP contribution is 2.19. The molecule has 1 N–H and O–H groups in total. The second kappa shape index (κ2) is 10.7. The van der Waals surface area contributed by atoms with E-state index in [1.165, 1.54) is 18.4 Å². The van der Waals surface area contributed by atoms with Crippen LogP contribution in [0, 0.1) is 0 Å². The van der Waals surface area contributed by atoms with Gasteiger partial charge in [0.2, 0.25) is 0 Å². The average molecular weight is 302 g/mol. The second-order valence-corrected chi connectivity index (χ2v) is 4.95. The Balaban J connectivity index is 0.000000224. The molecular formula is C19H26O3. The normalized spacial score (nSPS) is 11.1. The van der Waals surface area contributed by atoms with Crippen molar-refractivity contribution in [3.8, 4) is 11.5 Å². The zero-order valence-electron chi connectivity index (χ0n) is 13.7. The maximum Gasteiger partial charge on any atom is 0.194 e. The molecule has 0 bridgehead atoms. The number of unbranched alkanes of at least 4 members (excludes halogenated alkanes) is 1. The Hall–Kier alpha value is -2.00. The third-order valence-electron chi connectivity index (χ3n) is 3.04. The van der Waals surface area contributed by atoms with Crippen molar-refractivity contribution in [1.82, 2.24) is 0 Å². The maximum atomic E-state index is 8.78. The predicted molar refractivity (Wildman–Crippen MR) is 90.4 cm³/mol. The molecule has 3 nitrogen and oxygen atoms in total. The van der Waals surface area contributed by atoms with Gasteiger partial charge in [-0.2, -0.15) is 0 Å². The van der Waals surface area contributed by atoms with E-state index in [2.05, 4.69) is 19.1 Å². The van der Waals surface area contributed by atoms with E-state index in [-0.39, 0.29) is 0 Å². The fourth-order valence-electron chi connectivity index (χ4n) is 1.97. The number of aliphatic hydroxyl groups is 1. The Morgan fingerprint density at radius 1 is 1.00 bits per heavy atom. The number of hydrogen-bond donors (Lipinski definition) is 1. The van der Waals surface area contributed by atoms with E-state index < -0.39 is 6.29 Å². The van der Waals surface area contributed by atoms with E-state index in [1.807, 2.05) is 30.3 Å². The van der Waals surface area contributed by atoms with Crippen molar-refractivity contribution >= 4 is 0 Å². The molecule has 22 heavy (non-hydrogen) atoms. The number of benzene rings is 2. The molecule has 2 aromatic carbocycles.